The van der Waals surface area contributed by atoms with E-state index < -0.39 is 11.4 Å². The number of rotatable bonds is 7. The molecule has 152 valence electrons. The predicted molar refractivity (Wildman–Crippen MR) is 109 cm³/mol. The van der Waals surface area contributed by atoms with E-state index in [0.29, 0.717) is 18.0 Å². The summed E-state index contributed by atoms with van der Waals surface area (Å²) >= 11 is 0. The van der Waals surface area contributed by atoms with Crippen molar-refractivity contribution in [2.45, 2.75) is 51.6 Å². The Balaban J connectivity index is 1.43. The molecule has 2 aliphatic rings. The van der Waals surface area contributed by atoms with E-state index in [1.165, 1.54) is 12.8 Å². The number of nitriles is 1. The summed E-state index contributed by atoms with van der Waals surface area (Å²) < 4.78 is 2.15. The third kappa shape index (κ3) is 4.20. The smallest absolute Gasteiger partial charge is 0.309 e. The molecule has 0 amide bonds. The second kappa shape index (κ2) is 8.00. The monoisotopic (exact) mass is 392 g/mol. The summed E-state index contributed by atoms with van der Waals surface area (Å²) in [7, 11) is 0. The van der Waals surface area contributed by atoms with Gasteiger partial charge in [0.1, 0.15) is 0 Å². The topological polar surface area (TPSA) is 82.2 Å². The van der Waals surface area contributed by atoms with Crippen molar-refractivity contribution in [3.63, 3.8) is 0 Å². The Bertz CT molecular complexity index is 900. The number of carboxylic acid groups (broad SMARTS) is 1. The number of aromatic nitrogens is 2. The van der Waals surface area contributed by atoms with Crippen molar-refractivity contribution < 1.29 is 9.90 Å². The fraction of sp³-hybridized carbons (Fsp3) is 0.522. The number of aliphatic carboxylic acids is 1. The minimum atomic E-state index is -0.609. The Morgan fingerprint density at radius 3 is 2.59 bits per heavy atom. The molecule has 2 heterocycles. The first-order valence-electron chi connectivity index (χ1n) is 10.5. The Morgan fingerprint density at radius 2 is 2.00 bits per heavy atom. The summed E-state index contributed by atoms with van der Waals surface area (Å²) in [5, 5.41) is 18.8. The first-order chi connectivity index (χ1) is 14.0. The maximum atomic E-state index is 12.0. The first kappa shape index (κ1) is 19.7. The van der Waals surface area contributed by atoms with Crippen molar-refractivity contribution in [2.75, 3.05) is 13.1 Å². The van der Waals surface area contributed by atoms with Gasteiger partial charge in [0.15, 0.2) is 0 Å². The van der Waals surface area contributed by atoms with Gasteiger partial charge in [0.2, 0.25) is 0 Å². The second-order valence-electron chi connectivity index (χ2n) is 8.70. The van der Waals surface area contributed by atoms with Crippen LogP contribution in [-0.4, -0.2) is 38.6 Å². The van der Waals surface area contributed by atoms with Gasteiger partial charge in [-0.2, -0.15) is 5.26 Å². The van der Waals surface area contributed by atoms with Crippen molar-refractivity contribution in [1.29, 1.82) is 5.26 Å². The number of carboxylic acids is 1. The standard InChI is InChI=1S/C23H28N4O2/c1-17(26-10-8-23(9-11-26,22(28)29)12-18-2-3-18)21-14-25-16-27(21)15-20-6-4-19(13-24)5-7-20/h4-7,14,16-18H,2-3,8-12,15H2,1H3,(H,28,29). The molecule has 1 N–H and O–H groups in total. The summed E-state index contributed by atoms with van der Waals surface area (Å²) in [6.07, 6.45) is 8.47. The van der Waals surface area contributed by atoms with Crippen LogP contribution in [-0.2, 0) is 11.3 Å². The van der Waals surface area contributed by atoms with E-state index in [4.69, 9.17) is 5.26 Å². The number of carbonyl (C=O) groups is 1. The van der Waals surface area contributed by atoms with E-state index in [0.717, 1.165) is 43.6 Å². The van der Waals surface area contributed by atoms with Crippen LogP contribution in [0.4, 0.5) is 0 Å². The molecular weight excluding hydrogens is 364 g/mol. The molecule has 0 radical (unpaired) electrons. The number of benzene rings is 1. The van der Waals surface area contributed by atoms with Gasteiger partial charge in [-0.25, -0.2) is 4.98 Å². The van der Waals surface area contributed by atoms with Crippen LogP contribution >= 0.6 is 0 Å². The number of imidazole rings is 1. The van der Waals surface area contributed by atoms with Crippen molar-refractivity contribution in [3.05, 3.63) is 53.6 Å². The van der Waals surface area contributed by atoms with Gasteiger partial charge in [-0.3, -0.25) is 9.69 Å². The summed E-state index contributed by atoms with van der Waals surface area (Å²) in [6.45, 7) is 4.51. The van der Waals surface area contributed by atoms with E-state index >= 15 is 0 Å². The maximum absolute atomic E-state index is 12.0. The lowest BCUT2D eigenvalue weighted by molar-refractivity contribution is -0.153. The van der Waals surface area contributed by atoms with Gasteiger partial charge < -0.3 is 9.67 Å². The van der Waals surface area contributed by atoms with Gasteiger partial charge in [0.25, 0.3) is 0 Å². The zero-order valence-electron chi connectivity index (χ0n) is 16.9. The fourth-order valence-corrected chi connectivity index (χ4v) is 4.60. The fourth-order valence-electron chi connectivity index (χ4n) is 4.60. The Morgan fingerprint density at radius 1 is 1.31 bits per heavy atom. The van der Waals surface area contributed by atoms with Crippen LogP contribution in [0.25, 0.3) is 0 Å². The molecule has 1 aromatic carbocycles. The van der Waals surface area contributed by atoms with E-state index in [2.05, 4.69) is 27.4 Å². The largest absolute Gasteiger partial charge is 0.481 e. The highest BCUT2D eigenvalue weighted by Gasteiger charge is 2.45. The summed E-state index contributed by atoms with van der Waals surface area (Å²) in [5.74, 6) is 0.0199. The van der Waals surface area contributed by atoms with Crippen molar-refractivity contribution in [1.82, 2.24) is 14.5 Å². The minimum Gasteiger partial charge on any atom is -0.481 e. The zero-order valence-corrected chi connectivity index (χ0v) is 16.9. The van der Waals surface area contributed by atoms with E-state index in [1.807, 2.05) is 36.8 Å². The molecule has 1 aromatic heterocycles. The molecule has 0 bridgehead atoms. The van der Waals surface area contributed by atoms with Crippen molar-refractivity contribution >= 4 is 5.97 Å². The molecule has 2 aromatic rings. The minimum absolute atomic E-state index is 0.184. The van der Waals surface area contributed by atoms with Crippen molar-refractivity contribution in [3.8, 4) is 6.07 Å². The average Bonchev–Trinajstić information content (AvgIpc) is 3.43. The van der Waals surface area contributed by atoms with Gasteiger partial charge in [0, 0.05) is 18.8 Å². The van der Waals surface area contributed by atoms with Crippen LogP contribution in [0.5, 0.6) is 0 Å². The molecular formula is C23H28N4O2. The predicted octanol–water partition coefficient (Wildman–Crippen LogP) is 3.83. The highest BCUT2D eigenvalue weighted by Crippen LogP contribution is 2.46. The van der Waals surface area contributed by atoms with Gasteiger partial charge in [-0.1, -0.05) is 25.0 Å². The Labute approximate surface area is 171 Å². The number of piperidine rings is 1. The first-order valence-corrected chi connectivity index (χ1v) is 10.5. The zero-order chi connectivity index (χ0) is 20.4. The normalized spacial score (nSPS) is 20.1. The number of likely N-dealkylation sites (tertiary alicyclic amines) is 1. The van der Waals surface area contributed by atoms with Crippen LogP contribution < -0.4 is 0 Å². The summed E-state index contributed by atoms with van der Waals surface area (Å²) in [6, 6.07) is 9.97. The molecule has 6 nitrogen and oxygen atoms in total. The number of hydrogen-bond donors (Lipinski definition) is 1. The third-order valence-electron chi connectivity index (χ3n) is 6.74. The van der Waals surface area contributed by atoms with E-state index in [9.17, 15) is 9.90 Å². The lowest BCUT2D eigenvalue weighted by atomic mass is 9.74. The highest BCUT2D eigenvalue weighted by atomic mass is 16.4. The molecule has 0 spiro atoms. The number of hydrogen-bond acceptors (Lipinski definition) is 4. The van der Waals surface area contributed by atoms with Gasteiger partial charge in [-0.15, -0.1) is 0 Å². The summed E-state index contributed by atoms with van der Waals surface area (Å²) in [4.78, 5) is 18.7. The molecule has 1 unspecified atom stereocenters. The van der Waals surface area contributed by atoms with E-state index in [-0.39, 0.29) is 6.04 Å². The van der Waals surface area contributed by atoms with Crippen LogP contribution in [0.15, 0.2) is 36.8 Å². The van der Waals surface area contributed by atoms with Gasteiger partial charge >= 0.3 is 5.97 Å². The van der Waals surface area contributed by atoms with Crippen LogP contribution in [0.1, 0.15) is 61.9 Å². The lowest BCUT2D eigenvalue weighted by Crippen LogP contribution is -2.45. The van der Waals surface area contributed by atoms with Gasteiger partial charge in [0.05, 0.1) is 29.1 Å². The summed E-state index contributed by atoms with van der Waals surface area (Å²) in [5.41, 5.74) is 2.40. The molecule has 1 aliphatic carbocycles. The molecule has 1 saturated carbocycles. The van der Waals surface area contributed by atoms with Crippen LogP contribution in [0.2, 0.25) is 0 Å². The molecule has 29 heavy (non-hydrogen) atoms. The Kier molecular flexibility index (Phi) is 5.42. The lowest BCUT2D eigenvalue weighted by Gasteiger charge is -2.41. The second-order valence-corrected chi connectivity index (χ2v) is 8.70. The quantitative estimate of drug-likeness (QED) is 0.774. The highest BCUT2D eigenvalue weighted by molar-refractivity contribution is 5.74. The van der Waals surface area contributed by atoms with Crippen molar-refractivity contribution in [2.24, 2.45) is 11.3 Å². The molecule has 1 aliphatic heterocycles. The van der Waals surface area contributed by atoms with Crippen LogP contribution in [0, 0.1) is 22.7 Å². The molecule has 1 atom stereocenters. The maximum Gasteiger partial charge on any atom is 0.309 e. The number of nitrogens with zero attached hydrogens (tertiary/aromatic N) is 4. The molecule has 1 saturated heterocycles. The molecule has 4 rings (SSSR count). The SMILES string of the molecule is CC(c1cncn1Cc1ccc(C#N)cc1)N1CCC(CC2CC2)(C(=O)O)CC1. The van der Waals surface area contributed by atoms with Gasteiger partial charge in [-0.05, 0) is 62.9 Å². The Hall–Kier alpha value is -2.65. The molecule has 6 heteroatoms. The van der Waals surface area contributed by atoms with E-state index in [1.54, 1.807) is 0 Å². The average molecular weight is 393 g/mol. The third-order valence-corrected chi connectivity index (χ3v) is 6.74. The molecule has 2 fully saturated rings. The van der Waals surface area contributed by atoms with Crippen LogP contribution in [0.3, 0.4) is 0 Å².